The van der Waals surface area contributed by atoms with Crippen LogP contribution in [-0.4, -0.2) is 56.7 Å². The van der Waals surface area contributed by atoms with E-state index in [-0.39, 0.29) is 11.7 Å². The average Bonchev–Trinajstić information content (AvgIpc) is 3.07. The Labute approximate surface area is 147 Å². The van der Waals surface area contributed by atoms with Gasteiger partial charge in [0.2, 0.25) is 0 Å². The molecule has 3 N–H and O–H groups in total. The quantitative estimate of drug-likeness (QED) is 0.689. The highest BCUT2D eigenvalue weighted by atomic mass is 35.5. The van der Waals surface area contributed by atoms with Gasteiger partial charge in [-0.2, -0.15) is 0 Å². The highest BCUT2D eigenvalue weighted by Gasteiger charge is 2.22. The fourth-order valence-electron chi connectivity index (χ4n) is 2.32. The number of rotatable bonds is 8. The molecule has 1 fully saturated rings. The molecule has 1 heterocycles. The third kappa shape index (κ3) is 4.98. The Morgan fingerprint density at radius 2 is 2.04 bits per heavy atom. The molecule has 2 rings (SSSR count). The maximum Gasteiger partial charge on any atom is 0.316 e. The molecule has 24 heavy (non-hydrogen) atoms. The number of hydrogen-bond acceptors (Lipinski definition) is 6. The van der Waals surface area contributed by atoms with Gasteiger partial charge in [0, 0.05) is 19.2 Å². The summed E-state index contributed by atoms with van der Waals surface area (Å²) in [6.07, 6.45) is 0. The molecule has 0 aromatic heterocycles. The van der Waals surface area contributed by atoms with Crippen LogP contribution in [0, 0.1) is 0 Å². The second kappa shape index (κ2) is 9.08. The zero-order valence-electron chi connectivity index (χ0n) is 14.0. The molecule has 0 radical (unpaired) electrons. The Morgan fingerprint density at radius 3 is 2.67 bits per heavy atom. The second-order valence-corrected chi connectivity index (χ2v) is 5.71. The number of amides is 1. The van der Waals surface area contributed by atoms with Crippen LogP contribution in [0.3, 0.4) is 0 Å². The first-order valence-corrected chi connectivity index (χ1v) is 8.42. The van der Waals surface area contributed by atoms with Crippen LogP contribution in [0.25, 0.3) is 0 Å². The van der Waals surface area contributed by atoms with Gasteiger partial charge in [-0.1, -0.05) is 25.4 Å². The van der Waals surface area contributed by atoms with Crippen LogP contribution in [0.15, 0.2) is 12.1 Å². The first-order valence-electron chi connectivity index (χ1n) is 8.04. The molecule has 134 valence electrons. The molecule has 7 nitrogen and oxygen atoms in total. The smallest absolute Gasteiger partial charge is 0.316 e. The normalized spacial score (nSPS) is 15.0. The van der Waals surface area contributed by atoms with Crippen molar-refractivity contribution in [3.8, 4) is 5.75 Å². The van der Waals surface area contributed by atoms with Crippen molar-refractivity contribution in [3.63, 3.8) is 0 Å². The van der Waals surface area contributed by atoms with Crippen LogP contribution in [0.5, 0.6) is 5.75 Å². The summed E-state index contributed by atoms with van der Waals surface area (Å²) in [7, 11) is 0. The molecule has 1 amide bonds. The topological polar surface area (TPSA) is 86.1 Å². The van der Waals surface area contributed by atoms with Crippen LogP contribution in [0.4, 0.5) is 5.69 Å². The van der Waals surface area contributed by atoms with Crippen LogP contribution in [-0.2, 0) is 9.47 Å². The van der Waals surface area contributed by atoms with Gasteiger partial charge in [0.15, 0.2) is 0 Å². The number of likely N-dealkylation sites (N-methyl/N-ethyl adjacent to an activating group) is 1. The number of benzene rings is 1. The van der Waals surface area contributed by atoms with Crippen LogP contribution >= 0.6 is 11.6 Å². The lowest BCUT2D eigenvalue weighted by atomic mass is 10.1. The predicted molar refractivity (Wildman–Crippen MR) is 92.3 cm³/mol. The van der Waals surface area contributed by atoms with E-state index in [9.17, 15) is 4.79 Å². The van der Waals surface area contributed by atoms with Crippen molar-refractivity contribution in [2.45, 2.75) is 20.3 Å². The van der Waals surface area contributed by atoms with Gasteiger partial charge in [-0.25, -0.2) is 0 Å². The molecule has 0 bridgehead atoms. The molecule has 1 aromatic rings. The highest BCUT2D eigenvalue weighted by molar-refractivity contribution is 6.33. The number of hydrogen-bond donors (Lipinski definition) is 2. The van der Waals surface area contributed by atoms with Gasteiger partial charge >= 0.3 is 6.48 Å². The van der Waals surface area contributed by atoms with Crippen molar-refractivity contribution in [2.75, 3.05) is 45.1 Å². The Balaban J connectivity index is 2.05. The second-order valence-electron chi connectivity index (χ2n) is 5.30. The predicted octanol–water partition coefficient (Wildman–Crippen LogP) is 1.70. The fraction of sp³-hybridized carbons (Fsp3) is 0.562. The zero-order valence-corrected chi connectivity index (χ0v) is 14.8. The Hall–Kier alpha value is -1.54. The monoisotopic (exact) mass is 357 g/mol. The minimum Gasteiger partial charge on any atom is -0.440 e. The van der Waals surface area contributed by atoms with Gasteiger partial charge in [-0.3, -0.25) is 4.79 Å². The number of halogens is 1. The van der Waals surface area contributed by atoms with E-state index in [1.807, 2.05) is 0 Å². The van der Waals surface area contributed by atoms with Crippen LogP contribution in [0.1, 0.15) is 24.2 Å². The number of nitrogens with two attached hydrogens (primary N) is 1. The van der Waals surface area contributed by atoms with Crippen molar-refractivity contribution < 1.29 is 19.0 Å². The summed E-state index contributed by atoms with van der Waals surface area (Å²) in [6, 6.07) is 3.00. The van der Waals surface area contributed by atoms with E-state index in [0.29, 0.717) is 36.0 Å². The Kier molecular flexibility index (Phi) is 7.11. The van der Waals surface area contributed by atoms with Gasteiger partial charge in [-0.05, 0) is 19.2 Å². The molecule has 1 aliphatic rings. The molecule has 0 saturated carbocycles. The fourth-order valence-corrected chi connectivity index (χ4v) is 2.48. The molecule has 1 saturated heterocycles. The number of nitrogens with zero attached hydrogens (tertiary/aromatic N) is 1. The van der Waals surface area contributed by atoms with Crippen molar-refractivity contribution in [3.05, 3.63) is 22.7 Å². The SMILES string of the molecule is CCN(CC)CCNC(=O)c1cc(Cl)c(N)cc1OC1OCCO1. The minimum atomic E-state index is -0.840. The lowest BCUT2D eigenvalue weighted by Gasteiger charge is -2.19. The van der Waals surface area contributed by atoms with Gasteiger partial charge < -0.3 is 30.2 Å². The van der Waals surface area contributed by atoms with E-state index in [4.69, 9.17) is 31.5 Å². The third-order valence-electron chi connectivity index (χ3n) is 3.77. The zero-order chi connectivity index (χ0) is 17.5. The number of nitrogens with one attached hydrogen (secondary N) is 1. The molecule has 0 spiro atoms. The summed E-state index contributed by atoms with van der Waals surface area (Å²) in [5, 5.41) is 3.16. The first-order chi connectivity index (χ1) is 11.5. The van der Waals surface area contributed by atoms with Crippen LogP contribution in [0.2, 0.25) is 5.02 Å². The highest BCUT2D eigenvalue weighted by Crippen LogP contribution is 2.30. The van der Waals surface area contributed by atoms with E-state index in [1.165, 1.54) is 12.1 Å². The van der Waals surface area contributed by atoms with Crippen molar-refractivity contribution in [2.24, 2.45) is 0 Å². The van der Waals surface area contributed by atoms with Crippen LogP contribution < -0.4 is 15.8 Å². The number of ether oxygens (including phenoxy) is 3. The van der Waals surface area contributed by atoms with E-state index in [1.54, 1.807) is 0 Å². The van der Waals surface area contributed by atoms with E-state index >= 15 is 0 Å². The summed E-state index contributed by atoms with van der Waals surface area (Å²) in [4.78, 5) is 14.7. The van der Waals surface area contributed by atoms with Gasteiger partial charge in [-0.15, -0.1) is 0 Å². The first kappa shape index (κ1) is 18.8. The van der Waals surface area contributed by atoms with Gasteiger partial charge in [0.05, 0.1) is 29.5 Å². The van der Waals surface area contributed by atoms with Crippen molar-refractivity contribution in [1.29, 1.82) is 0 Å². The Bertz CT molecular complexity index is 560. The van der Waals surface area contributed by atoms with Crippen molar-refractivity contribution >= 4 is 23.2 Å². The lowest BCUT2D eigenvalue weighted by Crippen LogP contribution is -2.35. The largest absolute Gasteiger partial charge is 0.440 e. The van der Waals surface area contributed by atoms with E-state index in [0.717, 1.165) is 19.6 Å². The summed E-state index contributed by atoms with van der Waals surface area (Å²) in [6.45, 7) is 7.38. The standard InChI is InChI=1S/C16H24ClN3O4/c1-3-20(4-2)6-5-19-15(21)11-9-12(17)13(18)10-14(11)24-16-22-7-8-23-16/h9-10,16H,3-8,18H2,1-2H3,(H,19,21). The van der Waals surface area contributed by atoms with Crippen molar-refractivity contribution in [1.82, 2.24) is 10.2 Å². The molecule has 0 atom stereocenters. The van der Waals surface area contributed by atoms with E-state index < -0.39 is 6.48 Å². The maximum absolute atomic E-state index is 12.5. The molecular formula is C16H24ClN3O4. The lowest BCUT2D eigenvalue weighted by molar-refractivity contribution is -0.176. The Morgan fingerprint density at radius 1 is 1.38 bits per heavy atom. The molecule has 0 unspecified atom stereocenters. The average molecular weight is 358 g/mol. The number of anilines is 1. The van der Waals surface area contributed by atoms with Gasteiger partial charge in [0.1, 0.15) is 5.75 Å². The third-order valence-corrected chi connectivity index (χ3v) is 4.09. The minimum absolute atomic E-state index is 0.281. The number of nitrogen functional groups attached to an aromatic ring is 1. The molecule has 1 aromatic carbocycles. The van der Waals surface area contributed by atoms with Gasteiger partial charge in [0.25, 0.3) is 5.91 Å². The van der Waals surface area contributed by atoms with E-state index in [2.05, 4.69) is 24.1 Å². The number of carbonyl (C=O) groups is 1. The summed E-state index contributed by atoms with van der Waals surface area (Å²) in [5.74, 6) is 0.00110. The summed E-state index contributed by atoms with van der Waals surface area (Å²) < 4.78 is 16.1. The molecule has 8 heteroatoms. The number of carbonyl (C=O) groups excluding carboxylic acids is 1. The maximum atomic E-state index is 12.5. The summed E-state index contributed by atoms with van der Waals surface area (Å²) in [5.41, 5.74) is 6.43. The molecule has 0 aliphatic carbocycles. The summed E-state index contributed by atoms with van der Waals surface area (Å²) >= 11 is 6.04. The molecular weight excluding hydrogens is 334 g/mol. The molecule has 1 aliphatic heterocycles.